The van der Waals surface area contributed by atoms with E-state index in [1.54, 1.807) is 7.05 Å². The number of nitrogens with two attached hydrogens (primary N) is 1. The van der Waals surface area contributed by atoms with Crippen molar-refractivity contribution in [3.63, 3.8) is 0 Å². The van der Waals surface area contributed by atoms with Crippen molar-refractivity contribution < 1.29 is 33.2 Å². The first-order chi connectivity index (χ1) is 18.8. The first kappa shape index (κ1) is 32.3. The Morgan fingerprint density at radius 1 is 0.718 bits per heavy atom. The highest BCUT2D eigenvalue weighted by atomic mass is 16.6. The second kappa shape index (κ2) is 18.4. The van der Waals surface area contributed by atoms with Crippen LogP contribution in [-0.2, 0) is 23.7 Å². The summed E-state index contributed by atoms with van der Waals surface area (Å²) >= 11 is 0. The van der Waals surface area contributed by atoms with Gasteiger partial charge in [-0.3, -0.25) is 4.90 Å². The maximum absolute atomic E-state index is 12.2. The van der Waals surface area contributed by atoms with Gasteiger partial charge >= 0.3 is 6.09 Å². The molecule has 0 heterocycles. The molecule has 0 aliphatic heterocycles. The van der Waals surface area contributed by atoms with E-state index in [1.165, 1.54) is 4.90 Å². The molecule has 0 atom stereocenters. The van der Waals surface area contributed by atoms with E-state index in [-0.39, 0.29) is 6.09 Å². The summed E-state index contributed by atoms with van der Waals surface area (Å²) in [5, 5.41) is 0. The smallest absolute Gasteiger partial charge is 0.414 e. The third kappa shape index (κ3) is 14.7. The third-order valence-electron chi connectivity index (χ3n) is 5.17. The van der Waals surface area contributed by atoms with Crippen molar-refractivity contribution >= 4 is 23.9 Å². The van der Waals surface area contributed by atoms with Crippen LogP contribution in [0.4, 0.5) is 10.5 Å². The van der Waals surface area contributed by atoms with E-state index in [9.17, 15) is 4.79 Å². The number of ether oxygens (including phenoxy) is 6. The third-order valence-corrected chi connectivity index (χ3v) is 5.17. The van der Waals surface area contributed by atoms with Crippen LogP contribution in [0.3, 0.4) is 0 Å². The maximum Gasteiger partial charge on any atom is 0.414 e. The van der Waals surface area contributed by atoms with Gasteiger partial charge in [0.05, 0.1) is 52.9 Å². The van der Waals surface area contributed by atoms with Crippen LogP contribution in [0.15, 0.2) is 48.5 Å². The molecule has 0 radical (unpaired) electrons. The summed E-state index contributed by atoms with van der Waals surface area (Å²) < 4.78 is 32.7. The number of carbonyl (C=O) groups is 1. The van der Waals surface area contributed by atoms with Crippen LogP contribution in [0, 0.1) is 0 Å². The zero-order valence-corrected chi connectivity index (χ0v) is 23.7. The molecule has 0 fully saturated rings. The molecule has 0 aliphatic rings. The number of carbonyl (C=O) groups excluding carboxylic acids is 1. The van der Waals surface area contributed by atoms with Crippen LogP contribution in [0.5, 0.6) is 5.75 Å². The molecule has 9 nitrogen and oxygen atoms in total. The molecular formula is C30H44N2O7. The summed E-state index contributed by atoms with van der Waals surface area (Å²) in [6.07, 6.45) is 3.67. The van der Waals surface area contributed by atoms with Crippen molar-refractivity contribution in [1.82, 2.24) is 0 Å². The van der Waals surface area contributed by atoms with Crippen LogP contribution in [0.1, 0.15) is 31.9 Å². The molecule has 0 saturated carbocycles. The van der Waals surface area contributed by atoms with Crippen molar-refractivity contribution in [2.75, 3.05) is 78.0 Å². The molecule has 2 rings (SSSR count). The highest BCUT2D eigenvalue weighted by Gasteiger charge is 2.20. The minimum absolute atomic E-state index is 0.382. The van der Waals surface area contributed by atoms with Gasteiger partial charge in [-0.1, -0.05) is 36.4 Å². The Morgan fingerprint density at radius 3 is 1.62 bits per heavy atom. The van der Waals surface area contributed by atoms with Crippen LogP contribution < -0.4 is 15.4 Å². The van der Waals surface area contributed by atoms with Gasteiger partial charge in [0.2, 0.25) is 0 Å². The molecule has 0 unspecified atom stereocenters. The second-order valence-electron chi connectivity index (χ2n) is 9.62. The van der Waals surface area contributed by atoms with Crippen molar-refractivity contribution in [2.45, 2.75) is 26.4 Å². The molecule has 2 aromatic rings. The van der Waals surface area contributed by atoms with Crippen LogP contribution in [0.25, 0.3) is 12.2 Å². The van der Waals surface area contributed by atoms with Gasteiger partial charge in [-0.25, -0.2) is 4.79 Å². The van der Waals surface area contributed by atoms with E-state index in [1.807, 2.05) is 81.5 Å². The van der Waals surface area contributed by atoms with E-state index in [0.29, 0.717) is 66.0 Å². The first-order valence-electron chi connectivity index (χ1n) is 13.3. The van der Waals surface area contributed by atoms with E-state index >= 15 is 0 Å². The van der Waals surface area contributed by atoms with E-state index < -0.39 is 5.60 Å². The van der Waals surface area contributed by atoms with Crippen LogP contribution in [0.2, 0.25) is 0 Å². The van der Waals surface area contributed by atoms with Gasteiger partial charge in [-0.2, -0.15) is 0 Å². The molecule has 0 aliphatic carbocycles. The lowest BCUT2D eigenvalue weighted by Crippen LogP contribution is -2.34. The molecule has 1 amide bonds. The Morgan fingerprint density at radius 2 is 1.15 bits per heavy atom. The van der Waals surface area contributed by atoms with Gasteiger partial charge in [-0.15, -0.1) is 0 Å². The van der Waals surface area contributed by atoms with E-state index in [0.717, 1.165) is 22.6 Å². The molecule has 2 aromatic carbocycles. The Labute approximate surface area is 232 Å². The van der Waals surface area contributed by atoms with Gasteiger partial charge in [-0.05, 0) is 56.2 Å². The lowest BCUT2D eigenvalue weighted by molar-refractivity contribution is -0.00386. The van der Waals surface area contributed by atoms with Crippen LogP contribution >= 0.6 is 0 Å². The molecule has 39 heavy (non-hydrogen) atoms. The zero-order chi connectivity index (χ0) is 28.3. The van der Waals surface area contributed by atoms with E-state index in [2.05, 4.69) is 0 Å². The number of nitrogens with zero attached hydrogens (tertiary/aromatic N) is 1. The topological polar surface area (TPSA) is 102 Å². The number of hydrogen-bond donors (Lipinski definition) is 1. The average molecular weight is 545 g/mol. The van der Waals surface area contributed by atoms with E-state index in [4.69, 9.17) is 34.2 Å². The fraction of sp³-hybridized carbons (Fsp3) is 0.500. The molecule has 0 spiro atoms. The lowest BCUT2D eigenvalue weighted by atomic mass is 10.1. The van der Waals surface area contributed by atoms with Gasteiger partial charge in [0, 0.05) is 19.3 Å². The SMILES string of the molecule is CN(C(=O)OC(C)(C)C)c1ccc(/C=C/c2ccc(OCCOCCOCCOCCOCCN)cc2)cc1. The summed E-state index contributed by atoms with van der Waals surface area (Å²) in [6.45, 7) is 10.7. The molecule has 0 bridgehead atoms. The number of hydrogen-bond acceptors (Lipinski definition) is 8. The zero-order valence-electron chi connectivity index (χ0n) is 23.7. The number of anilines is 1. The van der Waals surface area contributed by atoms with Gasteiger partial charge < -0.3 is 34.2 Å². The Kier molecular flexibility index (Phi) is 15.2. The fourth-order valence-electron chi connectivity index (χ4n) is 3.18. The predicted molar refractivity (Wildman–Crippen MR) is 154 cm³/mol. The molecule has 216 valence electrons. The van der Waals surface area contributed by atoms with Crippen molar-refractivity contribution in [1.29, 1.82) is 0 Å². The molecule has 9 heteroatoms. The Hall–Kier alpha value is -2.95. The van der Waals surface area contributed by atoms with Gasteiger partial charge in [0.25, 0.3) is 0 Å². The minimum Gasteiger partial charge on any atom is -0.491 e. The maximum atomic E-state index is 12.2. The van der Waals surface area contributed by atoms with Crippen molar-refractivity contribution in [3.8, 4) is 5.75 Å². The average Bonchev–Trinajstić information content (AvgIpc) is 2.91. The molecular weight excluding hydrogens is 500 g/mol. The first-order valence-corrected chi connectivity index (χ1v) is 13.3. The summed E-state index contributed by atoms with van der Waals surface area (Å²) in [6, 6.07) is 15.6. The highest BCUT2D eigenvalue weighted by molar-refractivity contribution is 5.87. The number of benzene rings is 2. The summed E-state index contributed by atoms with van der Waals surface area (Å²) in [5.74, 6) is 0.786. The van der Waals surface area contributed by atoms with Crippen LogP contribution in [-0.4, -0.2) is 84.7 Å². The minimum atomic E-state index is -0.532. The largest absolute Gasteiger partial charge is 0.491 e. The standard InChI is InChI=1S/C30H44N2O7/c1-30(2,3)39-29(33)32(4)27-11-7-25(8-12-27)5-6-26-9-13-28(14-10-26)38-24-23-37-22-21-36-20-19-35-18-17-34-16-15-31/h5-14H,15-24,31H2,1-4H3/b6-5+. The fourth-order valence-corrected chi connectivity index (χ4v) is 3.18. The summed E-state index contributed by atoms with van der Waals surface area (Å²) in [5.41, 5.74) is 7.65. The normalized spacial score (nSPS) is 11.6. The monoisotopic (exact) mass is 544 g/mol. The Balaban J connectivity index is 1.59. The lowest BCUT2D eigenvalue weighted by Gasteiger charge is -2.24. The number of amides is 1. The summed E-state index contributed by atoms with van der Waals surface area (Å²) in [4.78, 5) is 13.7. The summed E-state index contributed by atoms with van der Waals surface area (Å²) in [7, 11) is 1.70. The van der Waals surface area contributed by atoms with Gasteiger partial charge in [0.1, 0.15) is 18.0 Å². The quantitative estimate of drug-likeness (QED) is 0.214. The Bertz CT molecular complexity index is 957. The molecule has 0 aromatic heterocycles. The molecule has 0 saturated heterocycles. The second-order valence-corrected chi connectivity index (χ2v) is 9.62. The van der Waals surface area contributed by atoms with Crippen molar-refractivity contribution in [3.05, 3.63) is 59.7 Å². The highest BCUT2D eigenvalue weighted by Crippen LogP contribution is 2.19. The predicted octanol–water partition coefficient (Wildman–Crippen LogP) is 4.63. The van der Waals surface area contributed by atoms with Crippen molar-refractivity contribution in [2.24, 2.45) is 5.73 Å². The van der Waals surface area contributed by atoms with Gasteiger partial charge in [0.15, 0.2) is 0 Å². The number of rotatable bonds is 18. The molecule has 2 N–H and O–H groups in total.